The highest BCUT2D eigenvalue weighted by atomic mass is 32.1. The Bertz CT molecular complexity index is 1340. The fraction of sp³-hybridized carbons (Fsp3) is 0.222. The quantitative estimate of drug-likeness (QED) is 0.251. The molecule has 0 radical (unpaired) electrons. The molecule has 3 aromatic heterocycles. The van der Waals surface area contributed by atoms with E-state index in [1.54, 1.807) is 0 Å². The lowest BCUT2D eigenvalue weighted by Gasteiger charge is -2.20. The highest BCUT2D eigenvalue weighted by Crippen LogP contribution is 2.33. The lowest BCUT2D eigenvalue weighted by Crippen LogP contribution is -2.25. The van der Waals surface area contributed by atoms with Crippen LogP contribution in [0.2, 0.25) is 0 Å². The summed E-state index contributed by atoms with van der Waals surface area (Å²) >= 11 is 1.82. The number of hydrogen-bond donors (Lipinski definition) is 0. The second-order valence-electron chi connectivity index (χ2n) is 8.29. The van der Waals surface area contributed by atoms with Crippen molar-refractivity contribution in [3.8, 4) is 22.7 Å². The third-order valence-corrected chi connectivity index (χ3v) is 6.67. The van der Waals surface area contributed by atoms with Crippen molar-refractivity contribution in [1.82, 2.24) is 20.3 Å². The molecule has 0 fully saturated rings. The molecule has 0 aliphatic rings. The van der Waals surface area contributed by atoms with E-state index >= 15 is 0 Å². The summed E-state index contributed by atoms with van der Waals surface area (Å²) in [4.78, 5) is 5.00. The van der Waals surface area contributed by atoms with Gasteiger partial charge in [0.25, 0.3) is 5.89 Å². The van der Waals surface area contributed by atoms with Gasteiger partial charge in [0.2, 0.25) is 5.89 Å². The molecule has 172 valence electrons. The third-order valence-electron chi connectivity index (χ3n) is 5.68. The zero-order chi connectivity index (χ0) is 23.3. The lowest BCUT2D eigenvalue weighted by molar-refractivity contribution is 0.236. The molecule has 3 heterocycles. The van der Waals surface area contributed by atoms with Crippen LogP contribution >= 0.6 is 11.3 Å². The molecule has 0 unspecified atom stereocenters. The van der Waals surface area contributed by atoms with Crippen LogP contribution in [-0.4, -0.2) is 26.8 Å². The van der Waals surface area contributed by atoms with E-state index in [0.717, 1.165) is 30.6 Å². The minimum absolute atomic E-state index is 0.433. The number of thiophene rings is 1. The molecule has 0 saturated carbocycles. The first-order chi connectivity index (χ1) is 16.7. The maximum Gasteiger partial charge on any atom is 0.253 e. The van der Waals surface area contributed by atoms with E-state index in [2.05, 4.69) is 63.6 Å². The van der Waals surface area contributed by atoms with Crippen LogP contribution in [0, 0.1) is 13.8 Å². The second kappa shape index (κ2) is 10.2. The molecule has 0 aliphatic heterocycles. The van der Waals surface area contributed by atoms with Crippen LogP contribution in [0.25, 0.3) is 22.7 Å². The molecule has 0 spiro atoms. The smallest absolute Gasteiger partial charge is 0.253 e. The standard InChI is InChI=1S/C27H26N4O2S/c1-19-13-14-23(34-19)17-31(16-15-21-9-5-3-6-10-21)18-24-28-29-27(32-24)25-20(2)33-30-26(25)22-11-7-4-8-12-22/h3-14H,15-18H2,1-2H3. The molecular formula is C27H26N4O2S. The van der Waals surface area contributed by atoms with Gasteiger partial charge in [0, 0.05) is 28.4 Å². The van der Waals surface area contributed by atoms with Gasteiger partial charge in [0.05, 0.1) is 6.54 Å². The first-order valence-electron chi connectivity index (χ1n) is 11.3. The number of rotatable bonds is 9. The molecule has 7 heteroatoms. The van der Waals surface area contributed by atoms with Crippen LogP contribution in [-0.2, 0) is 19.5 Å². The Morgan fingerprint density at radius 1 is 0.853 bits per heavy atom. The van der Waals surface area contributed by atoms with Gasteiger partial charge in [-0.15, -0.1) is 21.5 Å². The summed E-state index contributed by atoms with van der Waals surface area (Å²) in [6, 6.07) is 24.8. The Morgan fingerprint density at radius 2 is 1.62 bits per heavy atom. The number of benzene rings is 2. The van der Waals surface area contributed by atoms with Gasteiger partial charge in [0.15, 0.2) is 0 Å². The van der Waals surface area contributed by atoms with Crippen molar-refractivity contribution < 1.29 is 8.94 Å². The molecule has 0 saturated heterocycles. The molecule has 5 aromatic rings. The van der Waals surface area contributed by atoms with Crippen molar-refractivity contribution in [2.24, 2.45) is 0 Å². The summed E-state index contributed by atoms with van der Waals surface area (Å²) < 4.78 is 11.6. The van der Waals surface area contributed by atoms with Crippen LogP contribution in [0.5, 0.6) is 0 Å². The normalized spacial score (nSPS) is 11.4. The summed E-state index contributed by atoms with van der Waals surface area (Å²) in [5.74, 6) is 1.67. The second-order valence-corrected chi connectivity index (χ2v) is 9.66. The van der Waals surface area contributed by atoms with E-state index in [0.29, 0.717) is 29.8 Å². The van der Waals surface area contributed by atoms with Crippen molar-refractivity contribution >= 4 is 11.3 Å². The van der Waals surface area contributed by atoms with Crippen molar-refractivity contribution in [3.63, 3.8) is 0 Å². The molecule has 0 N–H and O–H groups in total. The molecular weight excluding hydrogens is 444 g/mol. The topological polar surface area (TPSA) is 68.2 Å². The zero-order valence-corrected chi connectivity index (χ0v) is 20.1. The van der Waals surface area contributed by atoms with Gasteiger partial charge in [0.1, 0.15) is 17.0 Å². The van der Waals surface area contributed by atoms with Crippen molar-refractivity contribution in [1.29, 1.82) is 0 Å². The van der Waals surface area contributed by atoms with Gasteiger partial charge in [-0.3, -0.25) is 4.90 Å². The van der Waals surface area contributed by atoms with E-state index in [-0.39, 0.29) is 0 Å². The number of hydrogen-bond acceptors (Lipinski definition) is 7. The monoisotopic (exact) mass is 470 g/mol. The first-order valence-corrected chi connectivity index (χ1v) is 12.1. The first kappa shape index (κ1) is 22.3. The van der Waals surface area contributed by atoms with Gasteiger partial charge < -0.3 is 8.94 Å². The fourth-order valence-corrected chi connectivity index (χ4v) is 4.90. The van der Waals surface area contributed by atoms with Gasteiger partial charge in [-0.05, 0) is 38.0 Å². The molecule has 0 aliphatic carbocycles. The summed E-state index contributed by atoms with van der Waals surface area (Å²) in [5, 5.41) is 13.0. The van der Waals surface area contributed by atoms with Crippen LogP contribution in [0.4, 0.5) is 0 Å². The zero-order valence-electron chi connectivity index (χ0n) is 19.3. The van der Waals surface area contributed by atoms with Crippen LogP contribution in [0.1, 0.15) is 27.0 Å². The van der Waals surface area contributed by atoms with E-state index in [4.69, 9.17) is 8.94 Å². The predicted octanol–water partition coefficient (Wildman–Crippen LogP) is 6.31. The van der Waals surface area contributed by atoms with Gasteiger partial charge in [-0.1, -0.05) is 65.8 Å². The molecule has 6 nitrogen and oxygen atoms in total. The van der Waals surface area contributed by atoms with Crippen molar-refractivity contribution in [3.05, 3.63) is 99.8 Å². The summed E-state index contributed by atoms with van der Waals surface area (Å²) in [7, 11) is 0. The highest BCUT2D eigenvalue weighted by molar-refractivity contribution is 7.11. The summed E-state index contributed by atoms with van der Waals surface area (Å²) in [6.07, 6.45) is 0.953. The average Bonchev–Trinajstić information content (AvgIpc) is 3.59. The van der Waals surface area contributed by atoms with Crippen LogP contribution in [0.15, 0.2) is 81.7 Å². The maximum atomic E-state index is 6.14. The van der Waals surface area contributed by atoms with Gasteiger partial charge >= 0.3 is 0 Å². The predicted molar refractivity (Wildman–Crippen MR) is 133 cm³/mol. The van der Waals surface area contributed by atoms with Gasteiger partial charge in [-0.25, -0.2) is 0 Å². The fourth-order valence-electron chi connectivity index (χ4n) is 3.96. The van der Waals surface area contributed by atoms with E-state index < -0.39 is 0 Å². The van der Waals surface area contributed by atoms with E-state index in [9.17, 15) is 0 Å². The molecule has 0 atom stereocenters. The van der Waals surface area contributed by atoms with Crippen molar-refractivity contribution in [2.45, 2.75) is 33.4 Å². The Balaban J connectivity index is 1.37. The number of nitrogens with zero attached hydrogens (tertiary/aromatic N) is 4. The van der Waals surface area contributed by atoms with E-state index in [1.807, 2.05) is 54.7 Å². The number of aromatic nitrogens is 3. The minimum atomic E-state index is 0.433. The Hall–Kier alpha value is -3.55. The molecule has 0 amide bonds. The molecule has 0 bridgehead atoms. The molecule has 34 heavy (non-hydrogen) atoms. The summed E-state index contributed by atoms with van der Waals surface area (Å²) in [6.45, 7) is 6.30. The molecule has 5 rings (SSSR count). The largest absolute Gasteiger partial charge is 0.419 e. The Labute approximate surface area is 202 Å². The SMILES string of the molecule is Cc1ccc(CN(CCc2ccccc2)Cc2nnc(-c3c(-c4ccccc4)noc3C)o2)s1. The van der Waals surface area contributed by atoms with Gasteiger partial charge in [-0.2, -0.15) is 0 Å². The van der Waals surface area contributed by atoms with Crippen LogP contribution in [0.3, 0.4) is 0 Å². The molecule has 2 aromatic carbocycles. The van der Waals surface area contributed by atoms with E-state index in [1.165, 1.54) is 15.3 Å². The van der Waals surface area contributed by atoms with Crippen LogP contribution < -0.4 is 0 Å². The lowest BCUT2D eigenvalue weighted by atomic mass is 10.1. The minimum Gasteiger partial charge on any atom is -0.419 e. The maximum absolute atomic E-state index is 6.14. The highest BCUT2D eigenvalue weighted by Gasteiger charge is 2.22. The van der Waals surface area contributed by atoms with Crippen molar-refractivity contribution in [2.75, 3.05) is 6.54 Å². The third kappa shape index (κ3) is 5.16. The average molecular weight is 471 g/mol. The summed E-state index contributed by atoms with van der Waals surface area (Å²) in [5.41, 5.74) is 3.72. The number of aryl methyl sites for hydroxylation is 2. The Kier molecular flexibility index (Phi) is 6.65. The Morgan fingerprint density at radius 3 is 2.35 bits per heavy atom.